The van der Waals surface area contributed by atoms with Gasteiger partial charge in [-0.2, -0.15) is 0 Å². The van der Waals surface area contributed by atoms with Crippen molar-refractivity contribution in [1.29, 1.82) is 0 Å². The second-order valence-electron chi connectivity index (χ2n) is 6.26. The summed E-state index contributed by atoms with van der Waals surface area (Å²) >= 11 is 0. The predicted octanol–water partition coefficient (Wildman–Crippen LogP) is 0.133. The van der Waals surface area contributed by atoms with Crippen molar-refractivity contribution in [3.05, 3.63) is 24.3 Å². The number of imide groups is 2. The maximum Gasteiger partial charge on any atom is 0.243 e. The van der Waals surface area contributed by atoms with Crippen molar-refractivity contribution < 1.29 is 49.8 Å². The monoisotopic (exact) mass is 418 g/mol. The minimum absolute atomic E-state index is 0.383. The van der Waals surface area contributed by atoms with Crippen molar-refractivity contribution in [3.8, 4) is 34.5 Å². The average Bonchev–Trinajstić information content (AvgIpc) is 2.63. The van der Waals surface area contributed by atoms with E-state index in [9.17, 15) is 49.8 Å². The van der Waals surface area contributed by atoms with Gasteiger partial charge < -0.3 is 30.6 Å². The molecule has 2 aromatic rings. The highest BCUT2D eigenvalue weighted by molar-refractivity contribution is 6.31. The van der Waals surface area contributed by atoms with E-state index >= 15 is 0 Å². The molecule has 156 valence electrons. The van der Waals surface area contributed by atoms with E-state index in [0.29, 0.717) is 9.80 Å². The Bertz CT molecular complexity index is 949. The van der Waals surface area contributed by atoms with E-state index in [2.05, 4.69) is 0 Å². The molecule has 0 aliphatic carbocycles. The number of phenols is 6. The first kappa shape index (κ1) is 20.3. The summed E-state index contributed by atoms with van der Waals surface area (Å²) in [6, 6.07) is 3.15. The summed E-state index contributed by atoms with van der Waals surface area (Å²) in [5, 5.41) is 57.3. The second kappa shape index (κ2) is 7.16. The summed E-state index contributed by atoms with van der Waals surface area (Å²) in [5.41, 5.74) is -0.765. The van der Waals surface area contributed by atoms with Crippen LogP contribution in [0.25, 0.3) is 0 Å². The van der Waals surface area contributed by atoms with Crippen LogP contribution in [0.1, 0.15) is 12.8 Å². The van der Waals surface area contributed by atoms with Crippen LogP contribution in [0.3, 0.4) is 0 Å². The van der Waals surface area contributed by atoms with Crippen LogP contribution in [0.2, 0.25) is 0 Å². The van der Waals surface area contributed by atoms with Crippen LogP contribution in [0, 0.1) is 0 Å². The number of aromatic hydroxyl groups is 6. The molecule has 1 aliphatic heterocycles. The fourth-order valence-corrected chi connectivity index (χ4v) is 2.87. The highest BCUT2D eigenvalue weighted by atomic mass is 16.3. The number of phenolic OH excluding ortho intramolecular Hbond substituents is 6. The Morgan fingerprint density at radius 2 is 0.733 bits per heavy atom. The minimum Gasteiger partial charge on any atom is -0.504 e. The van der Waals surface area contributed by atoms with Gasteiger partial charge in [-0.25, -0.2) is 9.80 Å². The molecule has 1 saturated heterocycles. The van der Waals surface area contributed by atoms with Gasteiger partial charge in [0.2, 0.25) is 23.6 Å². The van der Waals surface area contributed by atoms with Crippen molar-refractivity contribution in [2.24, 2.45) is 0 Å². The molecule has 0 bridgehead atoms. The lowest BCUT2D eigenvalue weighted by atomic mass is 10.1. The molecule has 0 spiro atoms. The molecule has 0 atom stereocenters. The molecule has 1 heterocycles. The normalized spacial score (nSPS) is 15.3. The van der Waals surface area contributed by atoms with Crippen LogP contribution in [0.5, 0.6) is 34.5 Å². The molecular formula is C18H14N2O10. The lowest BCUT2D eigenvalue weighted by Gasteiger charge is -2.28. The van der Waals surface area contributed by atoms with Gasteiger partial charge in [-0.15, -0.1) is 0 Å². The van der Waals surface area contributed by atoms with Crippen molar-refractivity contribution in [3.63, 3.8) is 0 Å². The molecule has 6 N–H and O–H groups in total. The van der Waals surface area contributed by atoms with Crippen LogP contribution in [-0.2, 0) is 19.2 Å². The molecule has 0 aromatic heterocycles. The van der Waals surface area contributed by atoms with Crippen LogP contribution in [-0.4, -0.2) is 54.3 Å². The topological polar surface area (TPSA) is 196 Å². The highest BCUT2D eigenvalue weighted by Crippen LogP contribution is 2.41. The van der Waals surface area contributed by atoms with E-state index in [1.807, 2.05) is 0 Å². The van der Waals surface area contributed by atoms with Crippen LogP contribution < -0.4 is 9.80 Å². The van der Waals surface area contributed by atoms with Crippen molar-refractivity contribution in [2.75, 3.05) is 9.80 Å². The van der Waals surface area contributed by atoms with Gasteiger partial charge in [0.25, 0.3) is 0 Å². The van der Waals surface area contributed by atoms with Gasteiger partial charge in [-0.05, 0) is 0 Å². The SMILES string of the molecule is O=C1CC(=O)N(c2cc(O)c(O)c(O)c2)C(=O)CC(=O)N1c1cc(O)c(O)c(O)c1. The Morgan fingerprint density at radius 3 is 0.967 bits per heavy atom. The highest BCUT2D eigenvalue weighted by Gasteiger charge is 2.37. The number of hydrogen-bond acceptors (Lipinski definition) is 10. The van der Waals surface area contributed by atoms with Crippen molar-refractivity contribution in [2.45, 2.75) is 12.8 Å². The molecular weight excluding hydrogens is 404 g/mol. The average molecular weight is 418 g/mol. The molecule has 4 amide bonds. The Kier molecular flexibility index (Phi) is 4.84. The van der Waals surface area contributed by atoms with E-state index in [1.54, 1.807) is 0 Å². The molecule has 0 radical (unpaired) electrons. The summed E-state index contributed by atoms with van der Waals surface area (Å²) in [4.78, 5) is 51.0. The third-order valence-corrected chi connectivity index (χ3v) is 4.23. The fourth-order valence-electron chi connectivity index (χ4n) is 2.87. The van der Waals surface area contributed by atoms with Gasteiger partial charge in [-0.1, -0.05) is 0 Å². The maximum absolute atomic E-state index is 12.5. The van der Waals surface area contributed by atoms with Gasteiger partial charge in [-0.3, -0.25) is 19.2 Å². The smallest absolute Gasteiger partial charge is 0.243 e. The molecule has 0 saturated carbocycles. The van der Waals surface area contributed by atoms with Crippen LogP contribution in [0.4, 0.5) is 11.4 Å². The number of carbonyl (C=O) groups is 4. The number of amides is 4. The Morgan fingerprint density at radius 1 is 0.500 bits per heavy atom. The summed E-state index contributed by atoms with van der Waals surface area (Å²) in [6.07, 6.45) is -2.02. The zero-order chi connectivity index (χ0) is 22.3. The van der Waals surface area contributed by atoms with E-state index in [1.165, 1.54) is 0 Å². The zero-order valence-electron chi connectivity index (χ0n) is 14.9. The van der Waals surface area contributed by atoms with Crippen molar-refractivity contribution >= 4 is 35.0 Å². The number of nitrogens with zero attached hydrogens (tertiary/aromatic N) is 2. The van der Waals surface area contributed by atoms with Crippen LogP contribution in [0.15, 0.2) is 24.3 Å². The Balaban J connectivity index is 2.01. The number of anilines is 2. The fraction of sp³-hybridized carbons (Fsp3) is 0.111. The van der Waals surface area contributed by atoms with Gasteiger partial charge in [0, 0.05) is 24.3 Å². The first-order valence-corrected chi connectivity index (χ1v) is 8.22. The molecule has 12 nitrogen and oxygen atoms in total. The third-order valence-electron chi connectivity index (χ3n) is 4.23. The summed E-state index contributed by atoms with van der Waals surface area (Å²) in [6.45, 7) is 0. The largest absolute Gasteiger partial charge is 0.504 e. The molecule has 30 heavy (non-hydrogen) atoms. The van der Waals surface area contributed by atoms with Crippen LogP contribution >= 0.6 is 0 Å². The summed E-state index contributed by atoms with van der Waals surface area (Å²) < 4.78 is 0. The lowest BCUT2D eigenvalue weighted by Crippen LogP contribution is -2.49. The molecule has 1 aliphatic rings. The Hall–Kier alpha value is -4.48. The van der Waals surface area contributed by atoms with Gasteiger partial charge in [0.05, 0.1) is 11.4 Å². The number of hydrogen-bond donors (Lipinski definition) is 6. The summed E-state index contributed by atoms with van der Waals surface area (Å²) in [5.74, 6) is -9.61. The molecule has 1 fully saturated rings. The van der Waals surface area contributed by atoms with Gasteiger partial charge in [0.15, 0.2) is 34.5 Å². The summed E-state index contributed by atoms with van der Waals surface area (Å²) in [7, 11) is 0. The van der Waals surface area contributed by atoms with E-state index in [4.69, 9.17) is 0 Å². The van der Waals surface area contributed by atoms with Gasteiger partial charge in [0.1, 0.15) is 12.8 Å². The standard InChI is InChI=1S/C18H14N2O10/c21-9-1-7(2-10(22)17(9)29)19-13(25)5-15(27)20(16(28)6-14(19)26)8-3-11(23)18(30)12(24)4-8/h1-4,21-24,29-30H,5-6H2. The quantitative estimate of drug-likeness (QED) is 0.222. The number of benzene rings is 2. The van der Waals surface area contributed by atoms with Gasteiger partial charge >= 0.3 is 0 Å². The molecule has 0 unspecified atom stereocenters. The predicted molar refractivity (Wildman–Crippen MR) is 97.1 cm³/mol. The third kappa shape index (κ3) is 3.37. The first-order valence-electron chi connectivity index (χ1n) is 8.22. The minimum atomic E-state index is -1.11. The number of rotatable bonds is 2. The van der Waals surface area contributed by atoms with E-state index in [0.717, 1.165) is 24.3 Å². The lowest BCUT2D eigenvalue weighted by molar-refractivity contribution is -0.134. The van der Waals surface area contributed by atoms with Crippen molar-refractivity contribution in [1.82, 2.24) is 0 Å². The van der Waals surface area contributed by atoms with E-state index in [-0.39, 0.29) is 11.4 Å². The zero-order valence-corrected chi connectivity index (χ0v) is 14.9. The maximum atomic E-state index is 12.5. The second-order valence-corrected chi connectivity index (χ2v) is 6.26. The first-order chi connectivity index (χ1) is 14.0. The molecule has 2 aromatic carbocycles. The molecule has 3 rings (SSSR count). The van der Waals surface area contributed by atoms with E-state index < -0.39 is 71.0 Å². The number of carbonyl (C=O) groups excluding carboxylic acids is 4. The Labute approximate surface area is 167 Å². The molecule has 12 heteroatoms.